The van der Waals surface area contributed by atoms with Crippen LogP contribution in [0.5, 0.6) is 0 Å². The molecule has 0 spiro atoms. The Bertz CT molecular complexity index is 954. The van der Waals surface area contributed by atoms with Crippen molar-refractivity contribution < 1.29 is 14.0 Å². The topological polar surface area (TPSA) is 54.3 Å². The Morgan fingerprint density at radius 3 is 2.16 bits per heavy atom. The molecule has 5 nitrogen and oxygen atoms in total. The van der Waals surface area contributed by atoms with E-state index in [2.05, 4.69) is 5.32 Å². The van der Waals surface area contributed by atoms with Crippen LogP contribution in [-0.2, 0) is 0 Å². The second-order valence-electron chi connectivity index (χ2n) is 9.35. The molecule has 1 N–H and O–H groups in total. The van der Waals surface area contributed by atoms with Gasteiger partial charge in [0.1, 0.15) is 5.82 Å². The number of nitrogens with one attached hydrogen (secondary N) is 1. The molecule has 0 aliphatic heterocycles. The van der Waals surface area contributed by atoms with E-state index in [1.807, 2.05) is 24.5 Å². The summed E-state index contributed by atoms with van der Waals surface area (Å²) < 4.78 is 15.4. The lowest BCUT2D eigenvalue weighted by Crippen LogP contribution is -2.53. The Balaban J connectivity index is 1.63. The lowest BCUT2D eigenvalue weighted by molar-refractivity contribution is 0.0701. The summed E-state index contributed by atoms with van der Waals surface area (Å²) in [6.07, 6.45) is 10.4. The van der Waals surface area contributed by atoms with Crippen LogP contribution < -0.4 is 5.32 Å². The van der Waals surface area contributed by atoms with Gasteiger partial charge in [0.2, 0.25) is 0 Å². The Morgan fingerprint density at radius 2 is 1.53 bits per heavy atom. The van der Waals surface area contributed by atoms with Crippen molar-refractivity contribution in [3.05, 3.63) is 53.1 Å². The largest absolute Gasteiger partial charge is 0.335 e. The van der Waals surface area contributed by atoms with Crippen LogP contribution >= 0.6 is 0 Å². The van der Waals surface area contributed by atoms with Gasteiger partial charge in [0.25, 0.3) is 5.91 Å². The summed E-state index contributed by atoms with van der Waals surface area (Å²) >= 11 is 0. The molecule has 1 aromatic carbocycles. The van der Waals surface area contributed by atoms with Crippen molar-refractivity contribution in [2.75, 3.05) is 0 Å². The number of halogens is 1. The first-order chi connectivity index (χ1) is 15.5. The molecule has 2 aliphatic carbocycles. The third-order valence-electron chi connectivity index (χ3n) is 7.06. The van der Waals surface area contributed by atoms with Crippen molar-refractivity contribution in [3.63, 3.8) is 0 Å². The van der Waals surface area contributed by atoms with Crippen LogP contribution in [0.3, 0.4) is 0 Å². The van der Waals surface area contributed by atoms with Gasteiger partial charge in [-0.1, -0.05) is 38.5 Å². The van der Waals surface area contributed by atoms with Gasteiger partial charge in [-0.15, -0.1) is 0 Å². The Kier molecular flexibility index (Phi) is 6.97. The molecule has 0 unspecified atom stereocenters. The van der Waals surface area contributed by atoms with Crippen LogP contribution in [0.25, 0.3) is 5.69 Å². The Hall–Kier alpha value is -2.63. The summed E-state index contributed by atoms with van der Waals surface area (Å²) in [6.45, 7) is 3.82. The van der Waals surface area contributed by atoms with Crippen molar-refractivity contribution in [1.82, 2.24) is 14.8 Å². The lowest BCUT2D eigenvalue weighted by atomic mass is 9.93. The maximum Gasteiger partial charge on any atom is 0.324 e. The average molecular weight is 440 g/mol. The summed E-state index contributed by atoms with van der Waals surface area (Å²) in [5, 5.41) is 3.16. The molecule has 1 aromatic heterocycles. The number of carbonyl (C=O) groups excluding carboxylic acids is 2. The van der Waals surface area contributed by atoms with Gasteiger partial charge >= 0.3 is 6.03 Å². The van der Waals surface area contributed by atoms with Crippen LogP contribution in [-0.4, -0.2) is 33.5 Å². The highest BCUT2D eigenvalue weighted by Gasteiger charge is 2.34. The predicted molar refractivity (Wildman–Crippen MR) is 124 cm³/mol. The van der Waals surface area contributed by atoms with E-state index in [9.17, 15) is 14.0 Å². The van der Waals surface area contributed by atoms with Gasteiger partial charge in [-0.2, -0.15) is 0 Å². The van der Waals surface area contributed by atoms with E-state index in [1.165, 1.54) is 23.5 Å². The molecule has 172 valence electrons. The minimum absolute atomic E-state index is 0.0614. The highest BCUT2D eigenvalue weighted by molar-refractivity contribution is 6.05. The number of aromatic nitrogens is 1. The summed E-state index contributed by atoms with van der Waals surface area (Å²) in [7, 11) is 0. The molecule has 32 heavy (non-hydrogen) atoms. The maximum absolute atomic E-state index is 13.8. The van der Waals surface area contributed by atoms with Crippen LogP contribution in [0.4, 0.5) is 9.18 Å². The normalized spacial score (nSPS) is 17.8. The molecule has 6 heteroatoms. The molecule has 1 heterocycles. The third kappa shape index (κ3) is 4.74. The van der Waals surface area contributed by atoms with Gasteiger partial charge in [-0.05, 0) is 69.9 Å². The first-order valence-corrected chi connectivity index (χ1v) is 12.0. The number of imide groups is 1. The number of hydrogen-bond donors (Lipinski definition) is 1. The van der Waals surface area contributed by atoms with E-state index in [0.717, 1.165) is 74.9 Å². The van der Waals surface area contributed by atoms with E-state index < -0.39 is 0 Å². The van der Waals surface area contributed by atoms with Gasteiger partial charge in [-0.25, -0.2) is 9.18 Å². The minimum Gasteiger partial charge on any atom is -0.335 e. The maximum atomic E-state index is 13.8. The van der Waals surface area contributed by atoms with Gasteiger partial charge in [0.05, 0.1) is 5.56 Å². The first-order valence-electron chi connectivity index (χ1n) is 12.0. The first kappa shape index (κ1) is 22.6. The zero-order valence-electron chi connectivity index (χ0n) is 19.2. The summed E-state index contributed by atoms with van der Waals surface area (Å²) in [5.41, 5.74) is 2.99. The number of hydrogen-bond acceptors (Lipinski definition) is 2. The molecule has 4 rings (SSSR count). The van der Waals surface area contributed by atoms with Crippen LogP contribution in [0, 0.1) is 19.7 Å². The smallest absolute Gasteiger partial charge is 0.324 e. The number of carbonyl (C=O) groups is 2. The summed E-state index contributed by atoms with van der Waals surface area (Å²) in [5.74, 6) is -0.526. The Morgan fingerprint density at radius 1 is 0.938 bits per heavy atom. The van der Waals surface area contributed by atoms with Crippen LogP contribution in [0.1, 0.15) is 86.0 Å². The highest BCUT2D eigenvalue weighted by atomic mass is 19.1. The quantitative estimate of drug-likeness (QED) is 0.630. The van der Waals surface area contributed by atoms with Crippen molar-refractivity contribution in [3.8, 4) is 5.69 Å². The molecule has 2 aliphatic rings. The molecular weight excluding hydrogens is 405 g/mol. The third-order valence-corrected chi connectivity index (χ3v) is 7.06. The fourth-order valence-electron chi connectivity index (χ4n) is 5.35. The zero-order chi connectivity index (χ0) is 22.7. The van der Waals surface area contributed by atoms with Gasteiger partial charge in [-0.3, -0.25) is 9.69 Å². The number of amides is 3. The molecule has 3 amide bonds. The molecule has 0 bridgehead atoms. The molecule has 0 radical (unpaired) electrons. The molecule has 2 saturated carbocycles. The van der Waals surface area contributed by atoms with Gasteiger partial charge in [0, 0.05) is 29.2 Å². The number of urea groups is 1. The van der Waals surface area contributed by atoms with E-state index >= 15 is 0 Å². The second-order valence-corrected chi connectivity index (χ2v) is 9.35. The standard InChI is InChI=1S/C26H34FN3O2/c1-18-17-24(19(2)29(18)23-15-13-20(27)14-16-23)25(31)30(22-11-7-4-8-12-22)26(32)28-21-9-5-3-6-10-21/h13-17,21-22H,3-12H2,1-2H3,(H,28,32). The molecule has 2 aromatic rings. The number of rotatable bonds is 4. The monoisotopic (exact) mass is 439 g/mol. The number of aryl methyl sites for hydroxylation is 1. The van der Waals surface area contributed by atoms with E-state index in [1.54, 1.807) is 12.1 Å². The van der Waals surface area contributed by atoms with E-state index in [-0.39, 0.29) is 29.8 Å². The second kappa shape index (κ2) is 9.88. The van der Waals surface area contributed by atoms with Crippen molar-refractivity contribution in [1.29, 1.82) is 0 Å². The van der Waals surface area contributed by atoms with Crippen molar-refractivity contribution >= 4 is 11.9 Å². The molecule has 2 fully saturated rings. The average Bonchev–Trinajstić information content (AvgIpc) is 3.10. The fourth-order valence-corrected chi connectivity index (χ4v) is 5.35. The zero-order valence-corrected chi connectivity index (χ0v) is 19.2. The lowest BCUT2D eigenvalue weighted by Gasteiger charge is -2.34. The highest BCUT2D eigenvalue weighted by Crippen LogP contribution is 2.28. The summed E-state index contributed by atoms with van der Waals surface area (Å²) in [4.78, 5) is 28.7. The van der Waals surface area contributed by atoms with Gasteiger partial charge < -0.3 is 9.88 Å². The predicted octanol–water partition coefficient (Wildman–Crippen LogP) is 6.05. The number of nitrogens with zero attached hydrogens (tertiary/aromatic N) is 2. The van der Waals surface area contributed by atoms with Crippen LogP contribution in [0.15, 0.2) is 30.3 Å². The summed E-state index contributed by atoms with van der Waals surface area (Å²) in [6, 6.07) is 7.95. The SMILES string of the molecule is Cc1cc(C(=O)N(C(=O)NC2CCCCC2)C2CCCCC2)c(C)n1-c1ccc(F)cc1. The van der Waals surface area contributed by atoms with Gasteiger partial charge in [0.15, 0.2) is 0 Å². The molecule has 0 saturated heterocycles. The fraction of sp³-hybridized carbons (Fsp3) is 0.538. The van der Waals surface area contributed by atoms with Crippen LogP contribution in [0.2, 0.25) is 0 Å². The van der Waals surface area contributed by atoms with E-state index in [0.29, 0.717) is 5.56 Å². The van der Waals surface area contributed by atoms with E-state index in [4.69, 9.17) is 0 Å². The molecule has 0 atom stereocenters. The minimum atomic E-state index is -0.296. The number of benzene rings is 1. The molecular formula is C26H34FN3O2. The van der Waals surface area contributed by atoms with Crippen molar-refractivity contribution in [2.45, 2.75) is 90.1 Å². The Labute approximate surface area is 190 Å². The van der Waals surface area contributed by atoms with Crippen molar-refractivity contribution in [2.24, 2.45) is 0 Å².